The summed E-state index contributed by atoms with van der Waals surface area (Å²) in [7, 11) is 3.41. The first-order chi connectivity index (χ1) is 14.7. The maximum absolute atomic E-state index is 13.7. The second-order valence-electron chi connectivity index (χ2n) is 8.81. The number of imidazole rings is 1. The summed E-state index contributed by atoms with van der Waals surface area (Å²) in [5.74, 6) is -1.70. The minimum Gasteiger partial charge on any atom is -0.383 e. The number of hydrogen-bond acceptors (Lipinski definition) is 3. The monoisotopic (exact) mass is 429 g/mol. The number of benzene rings is 1. The van der Waals surface area contributed by atoms with Gasteiger partial charge in [0, 0.05) is 44.7 Å². The Balaban J connectivity index is 1.83. The summed E-state index contributed by atoms with van der Waals surface area (Å²) in [6, 6.07) is 7.96. The zero-order chi connectivity index (χ0) is 22.3. The van der Waals surface area contributed by atoms with Crippen molar-refractivity contribution in [2.45, 2.75) is 57.4 Å². The fourth-order valence-corrected chi connectivity index (χ4v) is 4.69. The Morgan fingerprint density at radius 1 is 1.23 bits per heavy atom. The summed E-state index contributed by atoms with van der Waals surface area (Å²) in [5.41, 5.74) is 4.41. The van der Waals surface area contributed by atoms with E-state index in [0.29, 0.717) is 25.0 Å². The molecule has 166 valence electrons. The number of aryl methyl sites for hydroxylation is 2. The van der Waals surface area contributed by atoms with Crippen molar-refractivity contribution in [1.29, 1.82) is 0 Å². The Morgan fingerprint density at radius 2 is 1.94 bits per heavy atom. The number of fused-ring (bicyclic) bond motifs is 1. The number of rotatable bonds is 5. The number of pyridine rings is 1. The van der Waals surface area contributed by atoms with Gasteiger partial charge in [0.2, 0.25) is 5.92 Å². The Hall–Kier alpha value is -2.54. The molecule has 0 amide bonds. The van der Waals surface area contributed by atoms with E-state index in [4.69, 9.17) is 9.72 Å². The predicted molar refractivity (Wildman–Crippen MR) is 118 cm³/mol. The molecule has 1 aromatic carbocycles. The summed E-state index contributed by atoms with van der Waals surface area (Å²) in [4.78, 5) is 17.0. The fraction of sp³-hybridized carbons (Fsp3) is 0.500. The SMILES string of the molecule is COC[C@H](C)n1c(C2CCC(F)(F)CC2)nc2ccc(-c3cc(C)c(=O)n(C)c3)cc21. The molecular formula is C24H29F2N3O2. The quantitative estimate of drug-likeness (QED) is 0.559. The predicted octanol–water partition coefficient (Wildman–Crippen LogP) is 5.21. The maximum Gasteiger partial charge on any atom is 0.253 e. The van der Waals surface area contributed by atoms with E-state index in [2.05, 4.69) is 17.6 Å². The highest BCUT2D eigenvalue weighted by atomic mass is 19.3. The number of aromatic nitrogens is 3. The van der Waals surface area contributed by atoms with Gasteiger partial charge in [0.15, 0.2) is 0 Å². The lowest BCUT2D eigenvalue weighted by atomic mass is 9.86. The molecule has 0 radical (unpaired) electrons. The van der Waals surface area contributed by atoms with Crippen molar-refractivity contribution in [2.75, 3.05) is 13.7 Å². The summed E-state index contributed by atoms with van der Waals surface area (Å²) < 4.78 is 36.6. The summed E-state index contributed by atoms with van der Waals surface area (Å²) in [6.07, 6.45) is 2.51. The minimum atomic E-state index is -2.57. The Bertz CT molecular complexity index is 1130. The van der Waals surface area contributed by atoms with Crippen molar-refractivity contribution in [3.05, 3.63) is 52.2 Å². The van der Waals surface area contributed by atoms with Crippen LogP contribution in [0.15, 0.2) is 35.3 Å². The third kappa shape index (κ3) is 4.15. The third-order valence-electron chi connectivity index (χ3n) is 6.34. The van der Waals surface area contributed by atoms with E-state index in [9.17, 15) is 13.6 Å². The van der Waals surface area contributed by atoms with Gasteiger partial charge < -0.3 is 13.9 Å². The number of hydrogen-bond donors (Lipinski definition) is 0. The van der Waals surface area contributed by atoms with Gasteiger partial charge >= 0.3 is 0 Å². The number of nitrogens with zero attached hydrogens (tertiary/aromatic N) is 3. The van der Waals surface area contributed by atoms with Crippen molar-refractivity contribution in [3.63, 3.8) is 0 Å². The van der Waals surface area contributed by atoms with E-state index in [1.54, 1.807) is 18.7 Å². The number of ether oxygens (including phenoxy) is 1. The van der Waals surface area contributed by atoms with Gasteiger partial charge in [-0.05, 0) is 56.0 Å². The maximum atomic E-state index is 13.7. The molecule has 1 saturated carbocycles. The average Bonchev–Trinajstić information content (AvgIpc) is 3.10. The normalized spacial score (nSPS) is 17.9. The van der Waals surface area contributed by atoms with Gasteiger partial charge in [0.1, 0.15) is 5.82 Å². The molecule has 1 aliphatic rings. The molecule has 2 aromatic heterocycles. The molecule has 7 heteroatoms. The lowest BCUT2D eigenvalue weighted by molar-refractivity contribution is -0.0390. The molecule has 3 aromatic rings. The summed E-state index contributed by atoms with van der Waals surface area (Å²) in [6.45, 7) is 4.38. The van der Waals surface area contributed by atoms with Crippen LogP contribution in [0.25, 0.3) is 22.2 Å². The van der Waals surface area contributed by atoms with Crippen LogP contribution in [0.3, 0.4) is 0 Å². The van der Waals surface area contributed by atoms with Crippen molar-refractivity contribution >= 4 is 11.0 Å². The van der Waals surface area contributed by atoms with Crippen molar-refractivity contribution < 1.29 is 13.5 Å². The molecule has 5 nitrogen and oxygen atoms in total. The van der Waals surface area contributed by atoms with Gasteiger partial charge in [-0.1, -0.05) is 6.07 Å². The Labute approximate surface area is 180 Å². The van der Waals surface area contributed by atoms with Crippen LogP contribution in [-0.2, 0) is 11.8 Å². The molecule has 1 fully saturated rings. The zero-order valence-electron chi connectivity index (χ0n) is 18.5. The second kappa shape index (κ2) is 8.19. The van der Waals surface area contributed by atoms with Crippen LogP contribution in [-0.4, -0.2) is 33.8 Å². The molecule has 0 N–H and O–H groups in total. The Morgan fingerprint density at radius 3 is 2.58 bits per heavy atom. The molecule has 0 aliphatic heterocycles. The first kappa shape index (κ1) is 21.7. The van der Waals surface area contributed by atoms with Crippen LogP contribution in [0.2, 0.25) is 0 Å². The van der Waals surface area contributed by atoms with Crippen LogP contribution in [0.1, 0.15) is 56.0 Å². The highest BCUT2D eigenvalue weighted by molar-refractivity contribution is 5.83. The van der Waals surface area contributed by atoms with Crippen LogP contribution in [0.5, 0.6) is 0 Å². The molecule has 1 atom stereocenters. The van der Waals surface area contributed by atoms with Crippen molar-refractivity contribution in [2.24, 2.45) is 7.05 Å². The van der Waals surface area contributed by atoms with E-state index in [1.165, 1.54) is 0 Å². The van der Waals surface area contributed by atoms with Crippen molar-refractivity contribution in [3.8, 4) is 11.1 Å². The minimum absolute atomic E-state index is 0.00886. The average molecular weight is 430 g/mol. The summed E-state index contributed by atoms with van der Waals surface area (Å²) in [5, 5.41) is 0. The van der Waals surface area contributed by atoms with Crippen LogP contribution < -0.4 is 5.56 Å². The van der Waals surface area contributed by atoms with Crippen molar-refractivity contribution in [1.82, 2.24) is 14.1 Å². The molecule has 0 spiro atoms. The number of halogens is 2. The van der Waals surface area contributed by atoms with Gasteiger partial charge in [-0.3, -0.25) is 4.79 Å². The van der Waals surface area contributed by atoms with E-state index in [1.807, 2.05) is 31.3 Å². The van der Waals surface area contributed by atoms with Gasteiger partial charge in [0.05, 0.1) is 23.7 Å². The lowest BCUT2D eigenvalue weighted by Crippen LogP contribution is -2.26. The molecule has 0 saturated heterocycles. The fourth-order valence-electron chi connectivity index (χ4n) is 4.69. The Kier molecular flexibility index (Phi) is 5.73. The molecule has 0 unspecified atom stereocenters. The molecule has 4 rings (SSSR count). The topological polar surface area (TPSA) is 49.1 Å². The van der Waals surface area contributed by atoms with E-state index in [-0.39, 0.29) is 30.4 Å². The zero-order valence-corrected chi connectivity index (χ0v) is 18.5. The van der Waals surface area contributed by atoms with Crippen LogP contribution in [0.4, 0.5) is 8.78 Å². The number of alkyl halides is 2. The largest absolute Gasteiger partial charge is 0.383 e. The molecular weight excluding hydrogens is 400 g/mol. The highest BCUT2D eigenvalue weighted by Crippen LogP contribution is 2.42. The van der Waals surface area contributed by atoms with E-state index < -0.39 is 5.92 Å². The molecule has 31 heavy (non-hydrogen) atoms. The second-order valence-corrected chi connectivity index (χ2v) is 8.81. The van der Waals surface area contributed by atoms with Gasteiger partial charge in [-0.2, -0.15) is 0 Å². The molecule has 1 aliphatic carbocycles. The lowest BCUT2D eigenvalue weighted by Gasteiger charge is -2.29. The number of methoxy groups -OCH3 is 1. The first-order valence-electron chi connectivity index (χ1n) is 10.8. The van der Waals surface area contributed by atoms with Crippen LogP contribution >= 0.6 is 0 Å². The van der Waals surface area contributed by atoms with Gasteiger partial charge in [0.25, 0.3) is 5.56 Å². The third-order valence-corrected chi connectivity index (χ3v) is 6.34. The van der Waals surface area contributed by atoms with Gasteiger partial charge in [-0.25, -0.2) is 13.8 Å². The molecule has 2 heterocycles. The smallest absolute Gasteiger partial charge is 0.253 e. The van der Waals surface area contributed by atoms with Gasteiger partial charge in [-0.15, -0.1) is 0 Å². The standard InChI is InChI=1S/C24H29F2N3O2/c1-15-11-19(13-28(3)23(15)30)18-5-6-20-21(12-18)29(16(2)14-31-4)22(27-20)17-7-9-24(25,26)10-8-17/h5-6,11-13,16-17H,7-10,14H2,1-4H3/t16-/m0/s1. The van der Waals surface area contributed by atoms with E-state index in [0.717, 1.165) is 28.0 Å². The summed E-state index contributed by atoms with van der Waals surface area (Å²) >= 11 is 0. The molecule has 0 bridgehead atoms. The highest BCUT2D eigenvalue weighted by Gasteiger charge is 2.37. The van der Waals surface area contributed by atoms with E-state index >= 15 is 0 Å². The first-order valence-corrected chi connectivity index (χ1v) is 10.8. The van der Waals surface area contributed by atoms with Crippen LogP contribution in [0, 0.1) is 6.92 Å².